The van der Waals surface area contributed by atoms with E-state index in [4.69, 9.17) is 9.47 Å². The van der Waals surface area contributed by atoms with Crippen molar-refractivity contribution in [2.24, 2.45) is 0 Å². The third-order valence-corrected chi connectivity index (χ3v) is 6.74. The summed E-state index contributed by atoms with van der Waals surface area (Å²) in [5.74, 6) is 0.0304. The largest absolute Gasteiger partial charge is 0.488 e. The SMILES string of the molecule is Cc1cnc(-c2cc(O[C@H]3CCOC3)cc(C(=O)NC(C)c3nnc(C(F)(F)F)s3)c2)s1. The van der Waals surface area contributed by atoms with E-state index >= 15 is 0 Å². The lowest BCUT2D eigenvalue weighted by molar-refractivity contribution is -0.138. The predicted octanol–water partition coefficient (Wildman–Crippen LogP) is 4.65. The number of carbonyl (C=O) groups is 1. The quantitative estimate of drug-likeness (QED) is 0.548. The van der Waals surface area contributed by atoms with Crippen LogP contribution in [0.2, 0.25) is 0 Å². The number of aryl methyl sites for hydroxylation is 1. The van der Waals surface area contributed by atoms with Crippen LogP contribution in [0, 0.1) is 6.92 Å². The van der Waals surface area contributed by atoms with Crippen molar-refractivity contribution in [1.29, 1.82) is 0 Å². The summed E-state index contributed by atoms with van der Waals surface area (Å²) >= 11 is 1.89. The molecule has 1 amide bonds. The molecule has 0 spiro atoms. The maximum absolute atomic E-state index is 12.9. The van der Waals surface area contributed by atoms with Crippen LogP contribution in [0.25, 0.3) is 10.6 Å². The Morgan fingerprint density at radius 3 is 2.72 bits per heavy atom. The Morgan fingerprint density at radius 1 is 1.28 bits per heavy atom. The molecule has 1 aliphatic heterocycles. The standard InChI is InChI=1S/C20H19F3N4O3S2/c1-10-8-24-18(31-10)13-5-12(6-15(7-13)30-14-3-4-29-9-14)16(28)25-11(2)17-26-27-19(32-17)20(21,22)23/h5-8,11,14H,3-4,9H2,1-2H3,(H,25,28)/t11?,14-/m0/s1. The number of benzene rings is 1. The van der Waals surface area contributed by atoms with E-state index in [0.29, 0.717) is 41.4 Å². The first kappa shape index (κ1) is 22.6. The molecule has 0 radical (unpaired) electrons. The van der Waals surface area contributed by atoms with Gasteiger partial charge in [-0.3, -0.25) is 4.79 Å². The molecule has 1 unspecified atom stereocenters. The van der Waals surface area contributed by atoms with E-state index in [1.807, 2.05) is 13.0 Å². The van der Waals surface area contributed by atoms with Crippen LogP contribution in [0.5, 0.6) is 5.75 Å². The van der Waals surface area contributed by atoms with Crippen molar-refractivity contribution in [2.45, 2.75) is 38.6 Å². The number of aromatic nitrogens is 3. The molecule has 2 atom stereocenters. The third-order valence-electron chi connectivity index (χ3n) is 4.63. The molecule has 1 fully saturated rings. The molecule has 3 heterocycles. The molecule has 1 N–H and O–H groups in total. The van der Waals surface area contributed by atoms with E-state index in [-0.39, 0.29) is 11.1 Å². The van der Waals surface area contributed by atoms with Gasteiger partial charge in [0.1, 0.15) is 21.9 Å². The molecular weight excluding hydrogens is 465 g/mol. The number of nitrogens with one attached hydrogen (secondary N) is 1. The number of thiazole rings is 1. The predicted molar refractivity (Wildman–Crippen MR) is 113 cm³/mol. The van der Waals surface area contributed by atoms with Crippen LogP contribution in [0.3, 0.4) is 0 Å². The Bertz CT molecular complexity index is 1110. The lowest BCUT2D eigenvalue weighted by Crippen LogP contribution is -2.26. The van der Waals surface area contributed by atoms with Crippen LogP contribution in [-0.2, 0) is 10.9 Å². The van der Waals surface area contributed by atoms with Crippen LogP contribution in [-0.4, -0.2) is 40.4 Å². The van der Waals surface area contributed by atoms with Crippen LogP contribution >= 0.6 is 22.7 Å². The summed E-state index contributed by atoms with van der Waals surface area (Å²) in [6.07, 6.45) is -2.19. The van der Waals surface area contributed by atoms with Crippen molar-refractivity contribution in [2.75, 3.05) is 13.2 Å². The highest BCUT2D eigenvalue weighted by molar-refractivity contribution is 7.15. The lowest BCUT2D eigenvalue weighted by Gasteiger charge is -2.15. The summed E-state index contributed by atoms with van der Waals surface area (Å²) in [7, 11) is 0. The molecule has 3 aromatic rings. The average molecular weight is 485 g/mol. The van der Waals surface area contributed by atoms with Crippen molar-refractivity contribution in [3.63, 3.8) is 0 Å². The van der Waals surface area contributed by atoms with Gasteiger partial charge in [-0.1, -0.05) is 11.3 Å². The van der Waals surface area contributed by atoms with Gasteiger partial charge < -0.3 is 14.8 Å². The first-order valence-electron chi connectivity index (χ1n) is 9.73. The number of halogens is 3. The monoisotopic (exact) mass is 484 g/mol. The Hall–Kier alpha value is -2.57. The zero-order valence-corrected chi connectivity index (χ0v) is 18.7. The maximum atomic E-state index is 12.9. The van der Waals surface area contributed by atoms with Gasteiger partial charge in [-0.05, 0) is 32.0 Å². The number of amides is 1. The van der Waals surface area contributed by atoms with E-state index in [1.165, 1.54) is 11.3 Å². The van der Waals surface area contributed by atoms with Gasteiger partial charge in [0.15, 0.2) is 0 Å². The molecule has 1 aromatic carbocycles. The molecule has 0 saturated carbocycles. The van der Waals surface area contributed by atoms with Gasteiger partial charge >= 0.3 is 6.18 Å². The number of carbonyl (C=O) groups excluding carboxylic acids is 1. The first-order chi connectivity index (χ1) is 15.2. The van der Waals surface area contributed by atoms with Gasteiger partial charge in [-0.15, -0.1) is 21.5 Å². The second kappa shape index (κ2) is 9.12. The van der Waals surface area contributed by atoms with Gasteiger partial charge in [0.05, 0.1) is 19.3 Å². The topological polar surface area (TPSA) is 86.2 Å². The Morgan fingerprint density at radius 2 is 2.09 bits per heavy atom. The Kier molecular flexibility index (Phi) is 6.45. The number of hydrogen-bond donors (Lipinski definition) is 1. The van der Waals surface area contributed by atoms with Crippen molar-refractivity contribution in [3.05, 3.63) is 44.9 Å². The molecule has 4 rings (SSSR count). The molecule has 32 heavy (non-hydrogen) atoms. The van der Waals surface area contributed by atoms with Crippen molar-refractivity contribution >= 4 is 28.6 Å². The van der Waals surface area contributed by atoms with E-state index in [9.17, 15) is 18.0 Å². The molecule has 0 bridgehead atoms. The summed E-state index contributed by atoms with van der Waals surface area (Å²) in [4.78, 5) is 18.3. The number of hydrogen-bond acceptors (Lipinski definition) is 8. The number of ether oxygens (including phenoxy) is 2. The van der Waals surface area contributed by atoms with Crippen molar-refractivity contribution in [3.8, 4) is 16.3 Å². The summed E-state index contributed by atoms with van der Waals surface area (Å²) in [5.41, 5.74) is 1.02. The molecular formula is C20H19F3N4O3S2. The highest BCUT2D eigenvalue weighted by Crippen LogP contribution is 2.34. The fourth-order valence-corrected chi connectivity index (χ4v) is 4.54. The van der Waals surface area contributed by atoms with Gasteiger partial charge in [-0.25, -0.2) is 4.98 Å². The van der Waals surface area contributed by atoms with Crippen molar-refractivity contribution in [1.82, 2.24) is 20.5 Å². The fourth-order valence-electron chi connectivity index (χ4n) is 3.07. The molecule has 170 valence electrons. The minimum atomic E-state index is -4.57. The smallest absolute Gasteiger partial charge is 0.445 e. The highest BCUT2D eigenvalue weighted by atomic mass is 32.1. The third kappa shape index (κ3) is 5.25. The fraction of sp³-hybridized carbons (Fsp3) is 0.400. The van der Waals surface area contributed by atoms with Gasteiger partial charge in [0.2, 0.25) is 5.01 Å². The zero-order valence-electron chi connectivity index (χ0n) is 17.1. The average Bonchev–Trinajstić information content (AvgIpc) is 3.49. The zero-order chi connectivity index (χ0) is 22.9. The number of rotatable bonds is 6. The van der Waals surface area contributed by atoms with Crippen LogP contribution in [0.15, 0.2) is 24.4 Å². The number of alkyl halides is 3. The lowest BCUT2D eigenvalue weighted by atomic mass is 10.1. The van der Waals surface area contributed by atoms with E-state index in [1.54, 1.807) is 25.3 Å². The van der Waals surface area contributed by atoms with Gasteiger partial charge in [0.25, 0.3) is 5.91 Å². The highest BCUT2D eigenvalue weighted by Gasteiger charge is 2.36. The summed E-state index contributed by atoms with van der Waals surface area (Å²) in [6, 6.07) is 4.34. The van der Waals surface area contributed by atoms with E-state index < -0.39 is 23.1 Å². The summed E-state index contributed by atoms with van der Waals surface area (Å²) < 4.78 is 49.7. The molecule has 1 saturated heterocycles. The minimum Gasteiger partial charge on any atom is -0.488 e. The summed E-state index contributed by atoms with van der Waals surface area (Å²) in [5, 5.41) is 9.17. The van der Waals surface area contributed by atoms with Crippen molar-refractivity contribution < 1.29 is 27.4 Å². The van der Waals surface area contributed by atoms with Gasteiger partial charge in [-0.2, -0.15) is 13.2 Å². The Labute approximate surface area is 189 Å². The number of nitrogens with zero attached hydrogens (tertiary/aromatic N) is 3. The summed E-state index contributed by atoms with van der Waals surface area (Å²) in [6.45, 7) is 4.57. The van der Waals surface area contributed by atoms with Gasteiger partial charge in [0, 0.05) is 28.6 Å². The molecule has 2 aromatic heterocycles. The molecule has 0 aliphatic carbocycles. The second-order valence-electron chi connectivity index (χ2n) is 7.26. The maximum Gasteiger partial charge on any atom is 0.445 e. The minimum absolute atomic E-state index is 0.0666. The Balaban J connectivity index is 1.57. The van der Waals surface area contributed by atoms with Crippen LogP contribution in [0.1, 0.15) is 44.6 Å². The molecule has 7 nitrogen and oxygen atoms in total. The molecule has 1 aliphatic rings. The first-order valence-corrected chi connectivity index (χ1v) is 11.4. The van der Waals surface area contributed by atoms with E-state index in [2.05, 4.69) is 20.5 Å². The second-order valence-corrected chi connectivity index (χ2v) is 9.51. The van der Waals surface area contributed by atoms with Crippen LogP contribution in [0.4, 0.5) is 13.2 Å². The normalized spacial score (nSPS) is 17.3. The van der Waals surface area contributed by atoms with Crippen LogP contribution < -0.4 is 10.1 Å². The molecule has 12 heteroatoms. The van der Waals surface area contributed by atoms with E-state index in [0.717, 1.165) is 16.3 Å².